The molecular weight excluding hydrogens is 193 g/mol. The second-order valence-electron chi connectivity index (χ2n) is 4.17. The summed E-state index contributed by atoms with van der Waals surface area (Å²) in [5.74, 6) is -0.864. The highest BCUT2D eigenvalue weighted by molar-refractivity contribution is 5.75. The molecule has 14 heavy (non-hydrogen) atoms. The van der Waals surface area contributed by atoms with Gasteiger partial charge in [0.05, 0.1) is 5.92 Å². The van der Waals surface area contributed by atoms with Crippen molar-refractivity contribution in [2.75, 3.05) is 0 Å². The van der Waals surface area contributed by atoms with Gasteiger partial charge in [0, 0.05) is 6.42 Å². The Bertz CT molecular complexity index is 202. The molecule has 1 aliphatic carbocycles. The van der Waals surface area contributed by atoms with Crippen LogP contribution in [0.15, 0.2) is 0 Å². The van der Waals surface area contributed by atoms with Crippen LogP contribution in [0, 0.1) is 11.8 Å². The first kappa shape index (κ1) is 11.5. The second kappa shape index (κ2) is 4.32. The monoisotopic (exact) mass is 208 g/mol. The highest BCUT2D eigenvalue weighted by Crippen LogP contribution is 2.40. The van der Waals surface area contributed by atoms with E-state index in [4.69, 9.17) is 0 Å². The lowest BCUT2D eigenvalue weighted by Crippen LogP contribution is -2.28. The highest BCUT2D eigenvalue weighted by atomic mass is 19.4. The third-order valence-electron chi connectivity index (χ3n) is 2.89. The first-order valence-electron chi connectivity index (χ1n) is 4.95. The Morgan fingerprint density at radius 1 is 1.21 bits per heavy atom. The second-order valence-corrected chi connectivity index (χ2v) is 4.17. The predicted molar refractivity (Wildman–Crippen MR) is 46.8 cm³/mol. The number of halogens is 3. The van der Waals surface area contributed by atoms with E-state index >= 15 is 0 Å². The summed E-state index contributed by atoms with van der Waals surface area (Å²) >= 11 is 0. The van der Waals surface area contributed by atoms with Gasteiger partial charge in [0.1, 0.15) is 5.78 Å². The van der Waals surface area contributed by atoms with Gasteiger partial charge in [0.15, 0.2) is 0 Å². The average molecular weight is 208 g/mol. The quantitative estimate of drug-likeness (QED) is 0.680. The molecule has 0 aromatic carbocycles. The molecule has 0 unspecified atom stereocenters. The molecular formula is C10H15F3O. The van der Waals surface area contributed by atoms with Crippen molar-refractivity contribution in [1.29, 1.82) is 0 Å². The molecule has 82 valence electrons. The molecule has 1 nitrogen and oxygen atoms in total. The lowest BCUT2D eigenvalue weighted by atomic mass is 9.80. The molecule has 0 radical (unpaired) electrons. The van der Waals surface area contributed by atoms with Gasteiger partial charge in [-0.2, -0.15) is 13.2 Å². The average Bonchev–Trinajstić information content (AvgIpc) is 2.02. The Kier molecular flexibility index (Phi) is 3.56. The molecule has 4 heteroatoms. The number of rotatable bonds is 2. The molecule has 0 bridgehead atoms. The number of carbonyl (C=O) groups excluding carboxylic acids is 1. The summed E-state index contributed by atoms with van der Waals surface area (Å²) in [5, 5.41) is 0. The first-order chi connectivity index (χ1) is 6.39. The largest absolute Gasteiger partial charge is 0.391 e. The van der Waals surface area contributed by atoms with Crippen LogP contribution in [0.25, 0.3) is 0 Å². The molecule has 0 spiro atoms. The number of Topliss-reactive ketones (excluding diaryl/α,β-unsaturated/α-hetero) is 1. The van der Waals surface area contributed by atoms with E-state index in [1.54, 1.807) is 0 Å². The minimum Gasteiger partial charge on any atom is -0.300 e. The smallest absolute Gasteiger partial charge is 0.300 e. The summed E-state index contributed by atoms with van der Waals surface area (Å²) in [4.78, 5) is 10.8. The van der Waals surface area contributed by atoms with Crippen LogP contribution in [-0.4, -0.2) is 12.0 Å². The standard InChI is InChI=1S/C10H15F3O/c1-7(14)6-8-2-4-9(5-3-8)10(11,12)13/h8-9H,2-6H2,1H3. The normalized spacial score (nSPS) is 28.9. The van der Waals surface area contributed by atoms with Gasteiger partial charge in [-0.1, -0.05) is 0 Å². The number of ketones is 1. The van der Waals surface area contributed by atoms with Gasteiger partial charge in [0.25, 0.3) is 0 Å². The van der Waals surface area contributed by atoms with Crippen LogP contribution < -0.4 is 0 Å². The Hall–Kier alpha value is -0.540. The molecule has 0 aromatic heterocycles. The van der Waals surface area contributed by atoms with Crippen molar-refractivity contribution in [2.24, 2.45) is 11.8 Å². The van der Waals surface area contributed by atoms with Crippen molar-refractivity contribution in [3.05, 3.63) is 0 Å². The third-order valence-corrected chi connectivity index (χ3v) is 2.89. The van der Waals surface area contributed by atoms with Gasteiger partial charge in [-0.15, -0.1) is 0 Å². The molecule has 0 saturated heterocycles. The van der Waals surface area contributed by atoms with Crippen molar-refractivity contribution in [1.82, 2.24) is 0 Å². The molecule has 1 aliphatic rings. The zero-order valence-electron chi connectivity index (χ0n) is 8.23. The predicted octanol–water partition coefficient (Wildman–Crippen LogP) is 3.33. The van der Waals surface area contributed by atoms with Crippen molar-refractivity contribution in [3.63, 3.8) is 0 Å². The van der Waals surface area contributed by atoms with Crippen LogP contribution in [0.5, 0.6) is 0 Å². The van der Waals surface area contributed by atoms with E-state index in [1.807, 2.05) is 0 Å². The SMILES string of the molecule is CC(=O)CC1CCC(C(F)(F)F)CC1. The maximum absolute atomic E-state index is 12.3. The Balaban J connectivity index is 2.35. The fourth-order valence-electron chi connectivity index (χ4n) is 2.10. The number of hydrogen-bond donors (Lipinski definition) is 0. The molecule has 0 aromatic rings. The van der Waals surface area contributed by atoms with Gasteiger partial charge >= 0.3 is 6.18 Å². The van der Waals surface area contributed by atoms with Crippen molar-refractivity contribution >= 4 is 5.78 Å². The Morgan fingerprint density at radius 2 is 1.71 bits per heavy atom. The molecule has 1 rings (SSSR count). The van der Waals surface area contributed by atoms with Crippen LogP contribution in [0.3, 0.4) is 0 Å². The summed E-state index contributed by atoms with van der Waals surface area (Å²) in [7, 11) is 0. The number of hydrogen-bond acceptors (Lipinski definition) is 1. The maximum atomic E-state index is 12.3. The van der Waals surface area contributed by atoms with E-state index in [0.29, 0.717) is 19.3 Å². The van der Waals surface area contributed by atoms with E-state index in [9.17, 15) is 18.0 Å². The van der Waals surface area contributed by atoms with Crippen LogP contribution in [-0.2, 0) is 4.79 Å². The van der Waals surface area contributed by atoms with Crippen molar-refractivity contribution in [3.8, 4) is 0 Å². The summed E-state index contributed by atoms with van der Waals surface area (Å²) in [6.45, 7) is 1.50. The van der Waals surface area contributed by atoms with E-state index < -0.39 is 12.1 Å². The van der Waals surface area contributed by atoms with Gasteiger partial charge in [-0.25, -0.2) is 0 Å². The maximum Gasteiger partial charge on any atom is 0.391 e. The lowest BCUT2D eigenvalue weighted by molar-refractivity contribution is -0.183. The lowest BCUT2D eigenvalue weighted by Gasteiger charge is -2.29. The first-order valence-corrected chi connectivity index (χ1v) is 4.95. The summed E-state index contributed by atoms with van der Waals surface area (Å²) in [5.41, 5.74) is 0. The molecule has 0 atom stereocenters. The number of alkyl halides is 3. The van der Waals surface area contributed by atoms with E-state index in [2.05, 4.69) is 0 Å². The van der Waals surface area contributed by atoms with E-state index in [1.165, 1.54) is 6.92 Å². The highest BCUT2D eigenvalue weighted by Gasteiger charge is 2.41. The molecule has 0 heterocycles. The van der Waals surface area contributed by atoms with E-state index in [-0.39, 0.29) is 24.5 Å². The minimum absolute atomic E-state index is 0.0838. The molecule has 1 fully saturated rings. The number of carbonyl (C=O) groups is 1. The molecule has 0 aliphatic heterocycles. The van der Waals surface area contributed by atoms with Crippen molar-refractivity contribution in [2.45, 2.75) is 45.2 Å². The fourth-order valence-corrected chi connectivity index (χ4v) is 2.10. The summed E-state index contributed by atoms with van der Waals surface area (Å²) in [6.07, 6.45) is -2.11. The van der Waals surface area contributed by atoms with Gasteiger partial charge in [-0.05, 0) is 38.5 Å². The fraction of sp³-hybridized carbons (Fsp3) is 0.900. The third kappa shape index (κ3) is 3.31. The van der Waals surface area contributed by atoms with Gasteiger partial charge in [-0.3, -0.25) is 0 Å². The topological polar surface area (TPSA) is 17.1 Å². The van der Waals surface area contributed by atoms with Gasteiger partial charge < -0.3 is 4.79 Å². The summed E-state index contributed by atoms with van der Waals surface area (Å²) < 4.78 is 36.8. The van der Waals surface area contributed by atoms with Crippen LogP contribution in [0.1, 0.15) is 39.0 Å². The van der Waals surface area contributed by atoms with Crippen LogP contribution >= 0.6 is 0 Å². The van der Waals surface area contributed by atoms with Crippen LogP contribution in [0.4, 0.5) is 13.2 Å². The van der Waals surface area contributed by atoms with Crippen LogP contribution in [0.2, 0.25) is 0 Å². The Morgan fingerprint density at radius 3 is 2.07 bits per heavy atom. The van der Waals surface area contributed by atoms with Gasteiger partial charge in [0.2, 0.25) is 0 Å². The van der Waals surface area contributed by atoms with E-state index in [0.717, 1.165) is 0 Å². The van der Waals surface area contributed by atoms with Crippen molar-refractivity contribution < 1.29 is 18.0 Å². The molecule has 0 N–H and O–H groups in total. The molecule has 0 amide bonds. The minimum atomic E-state index is -4.04. The zero-order valence-corrected chi connectivity index (χ0v) is 8.23. The summed E-state index contributed by atoms with van der Waals surface area (Å²) in [6, 6.07) is 0. The zero-order chi connectivity index (χ0) is 10.8. The Labute approximate surface area is 81.7 Å². The molecule has 1 saturated carbocycles.